The van der Waals surface area contributed by atoms with Crippen molar-refractivity contribution in [1.82, 2.24) is 14.8 Å². The van der Waals surface area contributed by atoms with Crippen LogP contribution in [-0.2, 0) is 34.3 Å². The molecule has 2 heterocycles. The lowest BCUT2D eigenvalue weighted by atomic mass is 9.94. The number of halogens is 1. The Morgan fingerprint density at radius 1 is 1.17 bits per heavy atom. The average molecular weight is 520 g/mol. The number of hydrogen-bond acceptors (Lipinski definition) is 5. The third kappa shape index (κ3) is 9.04. The lowest BCUT2D eigenvalue weighted by Crippen LogP contribution is -2.50. The second kappa shape index (κ2) is 15.8. The van der Waals surface area contributed by atoms with E-state index in [0.29, 0.717) is 25.7 Å². The minimum atomic E-state index is -0.121. The highest BCUT2D eigenvalue weighted by Crippen LogP contribution is 2.32. The average Bonchev–Trinajstić information content (AvgIpc) is 3.75. The van der Waals surface area contributed by atoms with Crippen LogP contribution in [0.4, 0.5) is 0 Å². The van der Waals surface area contributed by atoms with Crippen molar-refractivity contribution in [3.8, 4) is 0 Å². The lowest BCUT2D eigenvalue weighted by Gasteiger charge is -2.34. The maximum Gasteiger partial charge on any atom is 0.250 e. The van der Waals surface area contributed by atoms with Crippen molar-refractivity contribution in [2.24, 2.45) is 13.0 Å². The van der Waals surface area contributed by atoms with Gasteiger partial charge >= 0.3 is 0 Å². The number of hydrogen-bond donors (Lipinski definition) is 1. The Labute approximate surface area is 220 Å². The van der Waals surface area contributed by atoms with Gasteiger partial charge in [-0.3, -0.25) is 9.59 Å². The number of aromatic nitrogens is 1. The highest BCUT2D eigenvalue weighted by atomic mass is 35.5. The van der Waals surface area contributed by atoms with Gasteiger partial charge in [0.05, 0.1) is 18.6 Å². The van der Waals surface area contributed by atoms with Crippen LogP contribution in [0.3, 0.4) is 0 Å². The van der Waals surface area contributed by atoms with Crippen molar-refractivity contribution in [1.29, 1.82) is 0 Å². The SMILES string of the molecule is CC.COCCc1ccc(Cl)c(CN(C(=O)C2CNCCC2OC)C2CC2)c1.Cn1ccccc1=O. The Morgan fingerprint density at radius 3 is 2.50 bits per heavy atom. The summed E-state index contributed by atoms with van der Waals surface area (Å²) in [5.74, 6) is 0.0645. The van der Waals surface area contributed by atoms with Gasteiger partial charge in [0.25, 0.3) is 0 Å². The standard InChI is InChI=1S/C20H29ClN2O3.C6H7NO.C2H6/c1-25-10-8-14-3-6-18(21)15(11-14)13-23(16-4-5-16)20(24)17-12-22-9-7-19(17)26-2;1-7-5-3-2-4-6(7)8;1-2/h3,6,11,16-17,19,22H,4-5,7-10,12-13H2,1-2H3;2-5H,1H3;1-2H3. The van der Waals surface area contributed by atoms with E-state index in [2.05, 4.69) is 11.4 Å². The fourth-order valence-corrected chi connectivity index (χ4v) is 4.34. The first kappa shape index (κ1) is 30.0. The molecule has 2 aliphatic rings. The molecule has 1 saturated heterocycles. The molecular formula is C28H42ClN3O4. The van der Waals surface area contributed by atoms with Crippen LogP contribution >= 0.6 is 11.6 Å². The van der Waals surface area contributed by atoms with Crippen LogP contribution in [0.2, 0.25) is 5.02 Å². The van der Waals surface area contributed by atoms with E-state index < -0.39 is 0 Å². The van der Waals surface area contributed by atoms with Crippen molar-refractivity contribution in [2.45, 2.75) is 58.2 Å². The number of amides is 1. The second-order valence-electron chi connectivity index (χ2n) is 8.89. The second-order valence-corrected chi connectivity index (χ2v) is 9.30. The summed E-state index contributed by atoms with van der Waals surface area (Å²) in [6.45, 7) is 6.83. The van der Waals surface area contributed by atoms with E-state index >= 15 is 0 Å². The number of methoxy groups -OCH3 is 2. The van der Waals surface area contributed by atoms with Crippen LogP contribution < -0.4 is 10.9 Å². The molecule has 0 radical (unpaired) electrons. The van der Waals surface area contributed by atoms with Crippen LogP contribution in [-0.4, -0.2) is 61.4 Å². The molecule has 1 N–H and O–H groups in total. The number of aryl methyl sites for hydroxylation is 1. The fourth-order valence-electron chi connectivity index (χ4n) is 4.17. The molecule has 200 valence electrons. The summed E-state index contributed by atoms with van der Waals surface area (Å²) in [5, 5.41) is 4.05. The van der Waals surface area contributed by atoms with Crippen LogP contribution in [0.25, 0.3) is 0 Å². The number of nitrogens with zero attached hydrogens (tertiary/aromatic N) is 2. The molecule has 36 heavy (non-hydrogen) atoms. The quantitative estimate of drug-likeness (QED) is 0.569. The largest absolute Gasteiger partial charge is 0.384 e. The zero-order valence-electron chi connectivity index (χ0n) is 22.3. The van der Waals surface area contributed by atoms with Crippen molar-refractivity contribution >= 4 is 17.5 Å². The third-order valence-electron chi connectivity index (χ3n) is 6.36. The number of benzene rings is 1. The maximum atomic E-state index is 13.3. The van der Waals surface area contributed by atoms with E-state index in [1.165, 1.54) is 16.2 Å². The van der Waals surface area contributed by atoms with E-state index in [0.717, 1.165) is 42.8 Å². The summed E-state index contributed by atoms with van der Waals surface area (Å²) in [4.78, 5) is 25.9. The molecule has 4 rings (SSSR count). The molecule has 1 saturated carbocycles. The molecule has 2 unspecified atom stereocenters. The van der Waals surface area contributed by atoms with Gasteiger partial charge in [-0.15, -0.1) is 0 Å². The van der Waals surface area contributed by atoms with Gasteiger partial charge in [-0.2, -0.15) is 0 Å². The third-order valence-corrected chi connectivity index (χ3v) is 6.73. The molecule has 2 fully saturated rings. The molecular weight excluding hydrogens is 478 g/mol. The summed E-state index contributed by atoms with van der Waals surface area (Å²) < 4.78 is 12.3. The minimum absolute atomic E-state index is 0.00601. The first-order valence-corrected chi connectivity index (χ1v) is 13.2. The smallest absolute Gasteiger partial charge is 0.250 e. The number of carbonyl (C=O) groups is 1. The van der Waals surface area contributed by atoms with E-state index in [4.69, 9.17) is 21.1 Å². The van der Waals surface area contributed by atoms with E-state index in [9.17, 15) is 9.59 Å². The van der Waals surface area contributed by atoms with Crippen LogP contribution in [0.1, 0.15) is 44.2 Å². The van der Waals surface area contributed by atoms with Gasteiger partial charge < -0.3 is 24.3 Å². The number of piperidine rings is 1. The van der Waals surface area contributed by atoms with Gasteiger partial charge in [0.1, 0.15) is 0 Å². The molecule has 1 amide bonds. The van der Waals surface area contributed by atoms with Crippen LogP contribution in [0, 0.1) is 5.92 Å². The summed E-state index contributed by atoms with van der Waals surface area (Å²) in [6, 6.07) is 11.5. The molecule has 2 atom stereocenters. The number of ether oxygens (including phenoxy) is 2. The predicted molar refractivity (Wildman–Crippen MR) is 145 cm³/mol. The Kier molecular flexibility index (Phi) is 13.2. The van der Waals surface area contributed by atoms with Crippen molar-refractivity contribution in [2.75, 3.05) is 33.9 Å². The lowest BCUT2D eigenvalue weighted by molar-refractivity contribution is -0.142. The Hall–Kier alpha value is -2.19. The molecule has 0 spiro atoms. The van der Waals surface area contributed by atoms with E-state index in [-0.39, 0.29) is 23.5 Å². The monoisotopic (exact) mass is 519 g/mol. The fraction of sp³-hybridized carbons (Fsp3) is 0.571. The molecule has 1 aliphatic heterocycles. The summed E-state index contributed by atoms with van der Waals surface area (Å²) in [7, 11) is 5.13. The Bertz CT molecular complexity index is 993. The Morgan fingerprint density at radius 2 is 1.92 bits per heavy atom. The van der Waals surface area contributed by atoms with Crippen molar-refractivity contribution < 1.29 is 14.3 Å². The topological polar surface area (TPSA) is 72.8 Å². The van der Waals surface area contributed by atoms with Gasteiger partial charge in [0.15, 0.2) is 0 Å². The predicted octanol–water partition coefficient (Wildman–Crippen LogP) is 4.06. The summed E-state index contributed by atoms with van der Waals surface area (Å²) in [6.07, 6.45) is 5.58. The Balaban J connectivity index is 0.000000384. The molecule has 7 nitrogen and oxygen atoms in total. The number of rotatable bonds is 8. The van der Waals surface area contributed by atoms with E-state index in [1.54, 1.807) is 33.5 Å². The van der Waals surface area contributed by atoms with Gasteiger partial charge in [-0.05, 0) is 55.5 Å². The number of nitrogens with one attached hydrogen (secondary N) is 1. The number of pyridine rings is 1. The number of carbonyl (C=O) groups excluding carboxylic acids is 1. The molecule has 1 aliphatic carbocycles. The molecule has 0 bridgehead atoms. The highest BCUT2D eigenvalue weighted by Gasteiger charge is 2.40. The summed E-state index contributed by atoms with van der Waals surface area (Å²) in [5.41, 5.74) is 2.23. The van der Waals surface area contributed by atoms with Gasteiger partial charge in [-0.25, -0.2) is 0 Å². The molecule has 1 aromatic heterocycles. The van der Waals surface area contributed by atoms with E-state index in [1.807, 2.05) is 36.9 Å². The van der Waals surface area contributed by atoms with Gasteiger partial charge in [0.2, 0.25) is 11.5 Å². The molecule has 2 aromatic rings. The first-order valence-electron chi connectivity index (χ1n) is 12.9. The molecule has 8 heteroatoms. The maximum absolute atomic E-state index is 13.3. The van der Waals surface area contributed by atoms with Crippen LogP contribution in [0.15, 0.2) is 47.4 Å². The van der Waals surface area contributed by atoms with Crippen molar-refractivity contribution in [3.05, 3.63) is 69.1 Å². The molecule has 1 aromatic carbocycles. The van der Waals surface area contributed by atoms with Gasteiger partial charge in [-0.1, -0.05) is 43.6 Å². The normalized spacial score (nSPS) is 18.8. The zero-order valence-corrected chi connectivity index (χ0v) is 23.1. The zero-order chi connectivity index (χ0) is 26.5. The first-order chi connectivity index (χ1) is 17.4. The van der Waals surface area contributed by atoms with Gasteiger partial charge in [0, 0.05) is 57.7 Å². The van der Waals surface area contributed by atoms with Crippen LogP contribution in [0.5, 0.6) is 0 Å². The minimum Gasteiger partial charge on any atom is -0.384 e. The highest BCUT2D eigenvalue weighted by molar-refractivity contribution is 6.31. The van der Waals surface area contributed by atoms with Crippen molar-refractivity contribution in [3.63, 3.8) is 0 Å². The summed E-state index contributed by atoms with van der Waals surface area (Å²) >= 11 is 6.44.